The zero-order chi connectivity index (χ0) is 29.4. The minimum Gasteiger partial charge on any atom is -0.454 e. The third-order valence-electron chi connectivity index (χ3n) is 6.31. The van der Waals surface area contributed by atoms with Crippen LogP contribution in [0.25, 0.3) is 10.8 Å². The Bertz CT molecular complexity index is 1510. The quantitative estimate of drug-likeness (QED) is 0.186. The molecule has 1 amide bonds. The summed E-state index contributed by atoms with van der Waals surface area (Å²) in [5.74, 6) is -1.73. The molecule has 5 N–H and O–H groups in total. The number of hydrogen-bond acceptors (Lipinski definition) is 8. The van der Waals surface area contributed by atoms with Gasteiger partial charge in [-0.3, -0.25) is 29.8 Å². The fourth-order valence-electron chi connectivity index (χ4n) is 3.96. The maximum absolute atomic E-state index is 13.2. The van der Waals surface area contributed by atoms with Gasteiger partial charge in [-0.1, -0.05) is 57.2 Å². The SMILES string of the molecule is CCC(C(=O)NCC(=O)COC(=O)c1cccc2ccccc12)n1cc(C(C)C)nc(NCC(=N)C(C)=[NH2+])c1=O. The van der Waals surface area contributed by atoms with Gasteiger partial charge in [-0.25, -0.2) is 9.78 Å². The van der Waals surface area contributed by atoms with E-state index >= 15 is 0 Å². The van der Waals surface area contributed by atoms with Crippen molar-refractivity contribution in [2.24, 2.45) is 0 Å². The number of anilines is 1. The van der Waals surface area contributed by atoms with E-state index in [4.69, 9.17) is 15.6 Å². The molecule has 1 heterocycles. The smallest absolute Gasteiger partial charge is 0.339 e. The van der Waals surface area contributed by atoms with Crippen LogP contribution >= 0.6 is 0 Å². The van der Waals surface area contributed by atoms with Gasteiger partial charge in [0.25, 0.3) is 5.56 Å². The zero-order valence-electron chi connectivity index (χ0n) is 23.1. The second kappa shape index (κ2) is 13.4. The Morgan fingerprint density at radius 1 is 1.10 bits per heavy atom. The molecule has 0 fully saturated rings. The molecule has 0 bridgehead atoms. The van der Waals surface area contributed by atoms with Crippen LogP contribution in [0.15, 0.2) is 53.5 Å². The third kappa shape index (κ3) is 7.25. The van der Waals surface area contributed by atoms with Gasteiger partial charge in [-0.05, 0) is 29.2 Å². The fraction of sp³-hybridized carbons (Fsp3) is 0.345. The van der Waals surface area contributed by atoms with E-state index < -0.39 is 35.9 Å². The molecule has 1 unspecified atom stereocenters. The summed E-state index contributed by atoms with van der Waals surface area (Å²) in [5, 5.41) is 20.5. The first-order chi connectivity index (χ1) is 19.0. The number of nitrogens with one attached hydrogen (secondary N) is 3. The van der Waals surface area contributed by atoms with Crippen LogP contribution in [-0.2, 0) is 14.3 Å². The van der Waals surface area contributed by atoms with Crippen molar-refractivity contribution >= 4 is 45.7 Å². The molecule has 0 saturated carbocycles. The first kappa shape index (κ1) is 29.9. The molecule has 0 saturated heterocycles. The first-order valence-electron chi connectivity index (χ1n) is 13.0. The predicted molar refractivity (Wildman–Crippen MR) is 153 cm³/mol. The monoisotopic (exact) mass is 547 g/mol. The molecule has 3 aromatic rings. The number of fused-ring (bicyclic) bond motifs is 1. The summed E-state index contributed by atoms with van der Waals surface area (Å²) in [6.45, 7) is 6.26. The highest BCUT2D eigenvalue weighted by molar-refractivity contribution is 6.38. The molecule has 1 atom stereocenters. The molecule has 0 radical (unpaired) electrons. The molecule has 0 aliphatic rings. The van der Waals surface area contributed by atoms with Gasteiger partial charge < -0.3 is 15.4 Å². The van der Waals surface area contributed by atoms with E-state index in [9.17, 15) is 19.2 Å². The Balaban J connectivity index is 1.67. The van der Waals surface area contributed by atoms with Crippen molar-refractivity contribution in [1.29, 1.82) is 5.41 Å². The van der Waals surface area contributed by atoms with E-state index in [-0.39, 0.29) is 37.0 Å². The van der Waals surface area contributed by atoms with Gasteiger partial charge in [0.05, 0.1) is 24.3 Å². The van der Waals surface area contributed by atoms with Crippen LogP contribution < -0.4 is 21.6 Å². The Morgan fingerprint density at radius 2 is 1.80 bits per heavy atom. The number of carbonyl (C=O) groups is 3. The van der Waals surface area contributed by atoms with Gasteiger partial charge in [-0.15, -0.1) is 0 Å². The van der Waals surface area contributed by atoms with Crippen LogP contribution in [0, 0.1) is 5.41 Å². The molecule has 11 heteroatoms. The van der Waals surface area contributed by atoms with Gasteiger partial charge in [0.15, 0.2) is 23.9 Å². The summed E-state index contributed by atoms with van der Waals surface area (Å²) in [6, 6.07) is 11.7. The lowest BCUT2D eigenvalue weighted by Gasteiger charge is -2.20. The van der Waals surface area contributed by atoms with Gasteiger partial charge in [0.1, 0.15) is 11.8 Å². The van der Waals surface area contributed by atoms with E-state index in [0.29, 0.717) is 22.4 Å². The maximum atomic E-state index is 13.2. The van der Waals surface area contributed by atoms with E-state index in [1.54, 1.807) is 32.0 Å². The molecule has 0 aliphatic carbocycles. The minimum absolute atomic E-state index is 0.000116. The lowest BCUT2D eigenvalue weighted by atomic mass is 10.1. The van der Waals surface area contributed by atoms with Crippen molar-refractivity contribution in [3.63, 3.8) is 0 Å². The molecule has 210 valence electrons. The van der Waals surface area contributed by atoms with Crippen LogP contribution in [0.1, 0.15) is 62.1 Å². The zero-order valence-corrected chi connectivity index (χ0v) is 23.1. The van der Waals surface area contributed by atoms with E-state index in [0.717, 1.165) is 5.39 Å². The maximum Gasteiger partial charge on any atom is 0.339 e. The molecular weight excluding hydrogens is 512 g/mol. The minimum atomic E-state index is -0.915. The van der Waals surface area contributed by atoms with Crippen molar-refractivity contribution in [2.45, 2.75) is 46.1 Å². The number of aromatic nitrogens is 2. The number of Topliss-reactive ketones (excluding diaryl/α,β-unsaturated/α-hetero) is 1. The van der Waals surface area contributed by atoms with E-state index in [1.165, 1.54) is 10.8 Å². The highest BCUT2D eigenvalue weighted by atomic mass is 16.5. The van der Waals surface area contributed by atoms with Crippen molar-refractivity contribution in [3.8, 4) is 0 Å². The average Bonchev–Trinajstić information content (AvgIpc) is 2.94. The molecule has 1 aromatic heterocycles. The van der Waals surface area contributed by atoms with Gasteiger partial charge in [0, 0.05) is 13.1 Å². The molecule has 0 spiro atoms. The molecule has 40 heavy (non-hydrogen) atoms. The van der Waals surface area contributed by atoms with Crippen LogP contribution in [0.5, 0.6) is 0 Å². The fourth-order valence-corrected chi connectivity index (χ4v) is 3.96. The second-order valence-electron chi connectivity index (χ2n) is 9.68. The standard InChI is InChI=1S/C29H34N6O5/c1-5-25(35-15-24(17(2)3)34-26(28(35)38)32-14-23(31)18(4)30)27(37)33-13-20(36)16-40-29(39)22-12-8-10-19-9-6-7-11-21(19)22/h6-12,15,17,25,30-31H,5,13-14,16H2,1-4H3,(H,32,34)(H,33,37)/p+1. The molecule has 3 rings (SSSR count). The summed E-state index contributed by atoms with van der Waals surface area (Å²) in [4.78, 5) is 55.7. The summed E-state index contributed by atoms with van der Waals surface area (Å²) < 4.78 is 6.49. The van der Waals surface area contributed by atoms with Crippen LogP contribution in [-0.4, -0.2) is 58.3 Å². The van der Waals surface area contributed by atoms with Crippen LogP contribution in [0.4, 0.5) is 5.82 Å². The average molecular weight is 548 g/mol. The van der Waals surface area contributed by atoms with Gasteiger partial charge in [0.2, 0.25) is 5.91 Å². The van der Waals surface area contributed by atoms with Crippen molar-refractivity contribution < 1.29 is 24.5 Å². The van der Waals surface area contributed by atoms with Crippen molar-refractivity contribution in [2.75, 3.05) is 25.0 Å². The third-order valence-corrected chi connectivity index (χ3v) is 6.31. The molecular formula is C29H35N6O5+. The van der Waals surface area contributed by atoms with Crippen LogP contribution in [0.2, 0.25) is 0 Å². The van der Waals surface area contributed by atoms with Crippen LogP contribution in [0.3, 0.4) is 0 Å². The van der Waals surface area contributed by atoms with E-state index in [2.05, 4.69) is 15.6 Å². The number of ether oxygens (including phenoxy) is 1. The number of nitrogens with zero attached hydrogens (tertiary/aromatic N) is 2. The van der Waals surface area contributed by atoms with Crippen molar-refractivity contribution in [3.05, 3.63) is 70.3 Å². The second-order valence-corrected chi connectivity index (χ2v) is 9.68. The number of amides is 1. The summed E-state index contributed by atoms with van der Waals surface area (Å²) >= 11 is 0. The molecule has 0 aliphatic heterocycles. The topological polar surface area (TPSA) is 169 Å². The van der Waals surface area contributed by atoms with Gasteiger partial charge >= 0.3 is 5.97 Å². The Hall–Kier alpha value is -4.67. The highest BCUT2D eigenvalue weighted by Gasteiger charge is 2.24. The first-order valence-corrected chi connectivity index (χ1v) is 13.0. The molecule has 11 nitrogen and oxygen atoms in total. The Kier molecular flexibility index (Phi) is 10.0. The number of carbonyl (C=O) groups excluding carboxylic acids is 3. The predicted octanol–water partition coefficient (Wildman–Crippen LogP) is 1.66. The van der Waals surface area contributed by atoms with Gasteiger partial charge in [-0.2, -0.15) is 0 Å². The summed E-state index contributed by atoms with van der Waals surface area (Å²) in [5.41, 5.74) is 0.810. The van der Waals surface area contributed by atoms with Crippen molar-refractivity contribution in [1.82, 2.24) is 14.9 Å². The number of ketones is 1. The normalized spacial score (nSPS) is 11.6. The number of benzene rings is 2. The lowest BCUT2D eigenvalue weighted by molar-refractivity contribution is -0.128. The summed E-state index contributed by atoms with van der Waals surface area (Å²) in [6.07, 6.45) is 1.80. The molecule has 2 aromatic carbocycles. The number of nitrogens with two attached hydrogens (primary N) is 1. The Morgan fingerprint density at radius 3 is 2.48 bits per heavy atom. The Labute approximate surface area is 232 Å². The lowest BCUT2D eigenvalue weighted by Crippen LogP contribution is -2.45. The highest BCUT2D eigenvalue weighted by Crippen LogP contribution is 2.19. The number of hydrogen-bond donors (Lipinski definition) is 4. The number of rotatable bonds is 13. The summed E-state index contributed by atoms with van der Waals surface area (Å²) in [7, 11) is 0. The number of esters is 1. The van der Waals surface area contributed by atoms with E-state index in [1.807, 2.05) is 38.1 Å². The largest absolute Gasteiger partial charge is 0.454 e.